The Kier molecular flexibility index (Phi) is 9.71. The second-order valence-electron chi connectivity index (χ2n) is 9.42. The van der Waals surface area contributed by atoms with Gasteiger partial charge in [-0.3, -0.25) is 4.79 Å². The van der Waals surface area contributed by atoms with Gasteiger partial charge in [0.1, 0.15) is 28.7 Å². The molecule has 2 heterocycles. The third kappa shape index (κ3) is 6.58. The monoisotopic (exact) mass is 548 g/mol. The van der Waals surface area contributed by atoms with Crippen LogP contribution in [0.4, 0.5) is 13.2 Å². The molecule has 0 unspecified atom stereocenters. The van der Waals surface area contributed by atoms with Crippen LogP contribution in [-0.2, 0) is 20.5 Å². The van der Waals surface area contributed by atoms with Crippen molar-refractivity contribution in [2.45, 2.75) is 71.6 Å². The van der Waals surface area contributed by atoms with Crippen molar-refractivity contribution in [3.8, 4) is 5.75 Å². The molecule has 212 valence electrons. The van der Waals surface area contributed by atoms with Gasteiger partial charge < -0.3 is 20.1 Å². The summed E-state index contributed by atoms with van der Waals surface area (Å²) in [5.74, 6) is -0.717. The Balaban J connectivity index is 2.18. The van der Waals surface area contributed by atoms with Gasteiger partial charge in [-0.05, 0) is 69.9 Å². The summed E-state index contributed by atoms with van der Waals surface area (Å²) in [4.78, 5) is 36.5. The molecule has 1 fully saturated rings. The minimum atomic E-state index is -4.63. The summed E-state index contributed by atoms with van der Waals surface area (Å²) in [6.45, 7) is 7.67. The van der Waals surface area contributed by atoms with Crippen LogP contribution >= 0.6 is 0 Å². The molecule has 1 aliphatic heterocycles. The predicted octanol–water partition coefficient (Wildman–Crippen LogP) is 5.03. The number of pyridine rings is 1. The number of alkyl halides is 3. The van der Waals surface area contributed by atoms with Crippen LogP contribution in [0.15, 0.2) is 40.5 Å². The Labute approximate surface area is 226 Å². The maximum absolute atomic E-state index is 13.9. The molecule has 1 aromatic carbocycles. The average Bonchev–Trinajstić information content (AvgIpc) is 3.39. The second kappa shape index (κ2) is 12.6. The number of carbonyl (C=O) groups is 2. The number of methoxy groups -OCH3 is 1. The molecular weight excluding hydrogens is 513 g/mol. The summed E-state index contributed by atoms with van der Waals surface area (Å²) in [6, 6.07) is 4.20. The molecule has 39 heavy (non-hydrogen) atoms. The summed E-state index contributed by atoms with van der Waals surface area (Å²) < 4.78 is 50.6. The van der Waals surface area contributed by atoms with Gasteiger partial charge in [0.2, 0.25) is 0 Å². The van der Waals surface area contributed by atoms with Crippen molar-refractivity contribution in [3.05, 3.63) is 46.8 Å². The number of benzene rings is 1. The van der Waals surface area contributed by atoms with E-state index in [1.807, 2.05) is 6.92 Å². The summed E-state index contributed by atoms with van der Waals surface area (Å²) >= 11 is 0. The van der Waals surface area contributed by atoms with Gasteiger partial charge >= 0.3 is 12.1 Å². The third-order valence-corrected chi connectivity index (χ3v) is 6.65. The number of aromatic nitrogens is 1. The van der Waals surface area contributed by atoms with Crippen molar-refractivity contribution >= 4 is 28.5 Å². The number of nitrogens with zero attached hydrogens (tertiary/aromatic N) is 3. The number of halogens is 3. The van der Waals surface area contributed by atoms with Crippen molar-refractivity contribution in [2.75, 3.05) is 20.3 Å². The lowest BCUT2D eigenvalue weighted by Gasteiger charge is -2.25. The van der Waals surface area contributed by atoms with Gasteiger partial charge in [0.05, 0.1) is 13.7 Å². The Morgan fingerprint density at radius 1 is 1.23 bits per heavy atom. The van der Waals surface area contributed by atoms with E-state index in [4.69, 9.17) is 20.2 Å². The molecule has 0 saturated carbocycles. The van der Waals surface area contributed by atoms with Crippen LogP contribution in [0.1, 0.15) is 64.6 Å². The normalized spacial score (nSPS) is 17.7. The first-order valence-corrected chi connectivity index (χ1v) is 13.0. The standard InChI is InChI=1S/C28H35F3N4O4/c1-6-9-18(16(3)32)25(26(36)35-15-8-10-21(35)27(37)39-7-2)33-17(4)19-11-13-22(38-5)24-20(19)12-14-23(34-24)28(29,30)31/h11-14,16,21H,6-10,15,32H2,1-5H3/b25-18+,33-17?/t16-,21-/m0/s1. The molecule has 0 aliphatic carbocycles. The highest BCUT2D eigenvalue weighted by Crippen LogP contribution is 2.34. The van der Waals surface area contributed by atoms with E-state index in [2.05, 4.69) is 4.98 Å². The molecule has 0 spiro atoms. The number of fused-ring (bicyclic) bond motifs is 1. The molecule has 0 bridgehead atoms. The highest BCUT2D eigenvalue weighted by molar-refractivity contribution is 6.12. The zero-order chi connectivity index (χ0) is 28.9. The number of hydrogen-bond acceptors (Lipinski definition) is 7. The first-order valence-electron chi connectivity index (χ1n) is 13.0. The highest BCUT2D eigenvalue weighted by Gasteiger charge is 2.37. The lowest BCUT2D eigenvalue weighted by atomic mass is 9.99. The SMILES string of the molecule is CCC/C(=C(\N=C(C)c1ccc(OC)c2nc(C(F)(F)F)ccc12)C(=O)N1CCC[C@H]1C(=O)OCC)[C@H](C)N. The zero-order valence-electron chi connectivity index (χ0n) is 22.9. The summed E-state index contributed by atoms with van der Waals surface area (Å²) in [7, 11) is 1.35. The minimum Gasteiger partial charge on any atom is -0.494 e. The lowest BCUT2D eigenvalue weighted by molar-refractivity contribution is -0.152. The van der Waals surface area contributed by atoms with E-state index in [-0.39, 0.29) is 23.6 Å². The van der Waals surface area contributed by atoms with Crippen molar-refractivity contribution in [1.82, 2.24) is 9.88 Å². The number of nitrogens with two attached hydrogens (primary N) is 1. The molecule has 0 radical (unpaired) electrons. The van der Waals surface area contributed by atoms with Crippen LogP contribution in [0.2, 0.25) is 0 Å². The molecule has 11 heteroatoms. The van der Waals surface area contributed by atoms with E-state index in [0.29, 0.717) is 54.5 Å². The molecule has 1 aromatic heterocycles. The Morgan fingerprint density at radius 3 is 2.54 bits per heavy atom. The molecule has 1 aliphatic rings. The van der Waals surface area contributed by atoms with Gasteiger partial charge in [-0.2, -0.15) is 13.2 Å². The van der Waals surface area contributed by atoms with E-state index >= 15 is 0 Å². The predicted molar refractivity (Wildman–Crippen MR) is 142 cm³/mol. The number of hydrogen-bond donors (Lipinski definition) is 1. The van der Waals surface area contributed by atoms with Crippen LogP contribution in [0.25, 0.3) is 10.9 Å². The third-order valence-electron chi connectivity index (χ3n) is 6.65. The lowest BCUT2D eigenvalue weighted by Crippen LogP contribution is -2.42. The maximum atomic E-state index is 13.9. The van der Waals surface area contributed by atoms with Gasteiger partial charge in [0.25, 0.3) is 5.91 Å². The maximum Gasteiger partial charge on any atom is 0.433 e. The fourth-order valence-corrected chi connectivity index (χ4v) is 4.78. The highest BCUT2D eigenvalue weighted by atomic mass is 19.4. The van der Waals surface area contributed by atoms with Crippen LogP contribution in [0.5, 0.6) is 5.75 Å². The molecule has 2 N–H and O–H groups in total. The fraction of sp³-hybridized carbons (Fsp3) is 0.500. The molecule has 1 amide bonds. The number of amides is 1. The Morgan fingerprint density at radius 2 is 1.95 bits per heavy atom. The molecule has 8 nitrogen and oxygen atoms in total. The van der Waals surface area contributed by atoms with Gasteiger partial charge in [-0.25, -0.2) is 14.8 Å². The number of carbonyl (C=O) groups excluding carboxylic acids is 2. The van der Waals surface area contributed by atoms with Crippen molar-refractivity contribution in [3.63, 3.8) is 0 Å². The molecule has 2 aromatic rings. The van der Waals surface area contributed by atoms with Gasteiger partial charge in [0.15, 0.2) is 0 Å². The number of aliphatic imine (C=N–C) groups is 1. The van der Waals surface area contributed by atoms with Crippen LogP contribution < -0.4 is 10.5 Å². The number of ether oxygens (including phenoxy) is 2. The van der Waals surface area contributed by atoms with E-state index in [1.54, 1.807) is 26.8 Å². The average molecular weight is 549 g/mol. The summed E-state index contributed by atoms with van der Waals surface area (Å²) in [6.07, 6.45) is -2.29. The van der Waals surface area contributed by atoms with Crippen molar-refractivity contribution in [1.29, 1.82) is 0 Å². The van der Waals surface area contributed by atoms with E-state index in [0.717, 1.165) is 6.07 Å². The molecular formula is C28H35F3N4O4. The van der Waals surface area contributed by atoms with Crippen molar-refractivity contribution < 1.29 is 32.2 Å². The topological polar surface area (TPSA) is 107 Å². The Bertz CT molecular complexity index is 1290. The summed E-state index contributed by atoms with van der Waals surface area (Å²) in [5, 5.41) is 0.388. The van der Waals surface area contributed by atoms with Crippen LogP contribution in [0.3, 0.4) is 0 Å². The number of likely N-dealkylation sites (tertiary alicyclic amines) is 1. The number of esters is 1. The van der Waals surface area contributed by atoms with E-state index in [1.165, 1.54) is 24.1 Å². The smallest absolute Gasteiger partial charge is 0.433 e. The van der Waals surface area contributed by atoms with Gasteiger partial charge in [-0.1, -0.05) is 13.3 Å². The molecule has 2 atom stereocenters. The minimum absolute atomic E-state index is 0.0270. The fourth-order valence-electron chi connectivity index (χ4n) is 4.78. The van der Waals surface area contributed by atoms with Crippen LogP contribution in [0, 0.1) is 0 Å². The van der Waals surface area contributed by atoms with Gasteiger partial charge in [-0.15, -0.1) is 0 Å². The second-order valence-corrected chi connectivity index (χ2v) is 9.42. The van der Waals surface area contributed by atoms with E-state index < -0.39 is 35.8 Å². The first-order chi connectivity index (χ1) is 18.4. The Hall–Kier alpha value is -3.47. The largest absolute Gasteiger partial charge is 0.494 e. The van der Waals surface area contributed by atoms with E-state index in [9.17, 15) is 22.8 Å². The van der Waals surface area contributed by atoms with Crippen LogP contribution in [-0.4, -0.2) is 59.8 Å². The number of rotatable bonds is 9. The molecule has 1 saturated heterocycles. The zero-order valence-corrected chi connectivity index (χ0v) is 22.9. The van der Waals surface area contributed by atoms with Gasteiger partial charge in [0, 0.05) is 29.2 Å². The molecule has 3 rings (SSSR count). The quantitative estimate of drug-likeness (QED) is 0.268. The first kappa shape index (κ1) is 30.1. The van der Waals surface area contributed by atoms with Crippen molar-refractivity contribution in [2.24, 2.45) is 10.7 Å². The summed E-state index contributed by atoms with van der Waals surface area (Å²) in [5.41, 5.74) is 6.89.